The van der Waals surface area contributed by atoms with Gasteiger partial charge in [0.15, 0.2) is 0 Å². The Labute approximate surface area is 203 Å². The first kappa shape index (κ1) is 23.3. The van der Waals surface area contributed by atoms with Crippen LogP contribution in [-0.4, -0.2) is 40.8 Å². The Morgan fingerprint density at radius 2 is 2.06 bits per heavy atom. The lowest BCUT2D eigenvalue weighted by Gasteiger charge is -2.38. The van der Waals surface area contributed by atoms with Crippen molar-refractivity contribution in [3.63, 3.8) is 0 Å². The zero-order valence-electron chi connectivity index (χ0n) is 20.3. The summed E-state index contributed by atoms with van der Waals surface area (Å²) in [6, 6.07) is 3.37. The summed E-state index contributed by atoms with van der Waals surface area (Å²) in [7, 11) is 2.89. The van der Waals surface area contributed by atoms with E-state index in [-0.39, 0.29) is 17.6 Å². The minimum atomic E-state index is -0.165. The van der Waals surface area contributed by atoms with E-state index >= 15 is 0 Å². The minimum Gasteiger partial charge on any atom is -0.508 e. The summed E-state index contributed by atoms with van der Waals surface area (Å²) in [6.45, 7) is 8.40. The molecule has 3 heterocycles. The highest BCUT2D eigenvalue weighted by Gasteiger charge is 2.35. The van der Waals surface area contributed by atoms with E-state index in [2.05, 4.69) is 33.3 Å². The van der Waals surface area contributed by atoms with E-state index in [1.807, 2.05) is 13.1 Å². The van der Waals surface area contributed by atoms with Gasteiger partial charge in [0.2, 0.25) is 0 Å². The lowest BCUT2D eigenvalue weighted by atomic mass is 9.83. The summed E-state index contributed by atoms with van der Waals surface area (Å²) in [4.78, 5) is 12.4. The maximum absolute atomic E-state index is 14.8. The number of hydrogen-bond donors (Lipinski definition) is 2. The standard InChI is InChI=1S/C27H34FN4OP/c1-4-18-21(28)9-8-16-11-17(33)12-19(23(16)18)24-26(34)25-20(13-29-24)27(31-22(5-2)30-25)32-10-6-7-15(3)14-32/h11-13,15,25,29,33H,4-10,14,34H2,1-3H3. The van der Waals surface area contributed by atoms with Gasteiger partial charge < -0.3 is 15.3 Å². The number of hydrogen-bond acceptors (Lipinski definition) is 5. The number of nitrogens with zero attached hydrogens (tertiary/aromatic N) is 3. The SMILES string of the molecule is CCC1=NC2C(=CNC(c3cc(O)cc4c3C(CC)=C(F)CC4)=C2P)C(N2CCCC(C)C2)=N1. The Hall–Kier alpha value is -2.46. The number of nitrogens with one attached hydrogen (secondary N) is 1. The third-order valence-corrected chi connectivity index (χ3v) is 7.97. The predicted octanol–water partition coefficient (Wildman–Crippen LogP) is 5.78. The van der Waals surface area contributed by atoms with Gasteiger partial charge >= 0.3 is 0 Å². The molecule has 3 unspecified atom stereocenters. The minimum absolute atomic E-state index is 0.0440. The number of dihydropyridines is 1. The molecule has 2 N–H and O–H groups in total. The number of fused-ring (bicyclic) bond motifs is 2. The van der Waals surface area contributed by atoms with E-state index in [9.17, 15) is 9.50 Å². The molecule has 3 atom stereocenters. The molecular formula is C27H34FN4OP. The third kappa shape index (κ3) is 4.00. The van der Waals surface area contributed by atoms with Crippen molar-refractivity contribution in [2.45, 2.75) is 65.3 Å². The van der Waals surface area contributed by atoms with Gasteiger partial charge in [-0.25, -0.2) is 9.38 Å². The predicted molar refractivity (Wildman–Crippen MR) is 142 cm³/mol. The van der Waals surface area contributed by atoms with Crippen LogP contribution in [0.2, 0.25) is 0 Å². The molecule has 0 spiro atoms. The molecule has 1 fully saturated rings. The average Bonchev–Trinajstić information content (AvgIpc) is 2.83. The summed E-state index contributed by atoms with van der Waals surface area (Å²) in [6.07, 6.45) is 6.82. The zero-order valence-corrected chi connectivity index (χ0v) is 21.4. The smallest absolute Gasteiger partial charge is 0.137 e. The number of aliphatic imine (C=N–C) groups is 2. The Balaban J connectivity index is 1.60. The lowest BCUT2D eigenvalue weighted by Crippen LogP contribution is -2.45. The molecule has 5 rings (SSSR count). The van der Waals surface area contributed by atoms with Gasteiger partial charge in [0.05, 0.1) is 5.70 Å². The number of rotatable bonds is 3. The number of aryl methyl sites for hydroxylation is 1. The van der Waals surface area contributed by atoms with Gasteiger partial charge in [-0.05, 0) is 60.4 Å². The number of phenolic OH excluding ortho intramolecular Hbond substituents is 1. The number of phenols is 1. The van der Waals surface area contributed by atoms with Gasteiger partial charge in [-0.3, -0.25) is 4.99 Å². The van der Waals surface area contributed by atoms with E-state index in [4.69, 9.17) is 9.98 Å². The van der Waals surface area contributed by atoms with Crippen LogP contribution in [0.1, 0.15) is 69.6 Å². The number of amidine groups is 2. The van der Waals surface area contributed by atoms with Crippen molar-refractivity contribution < 1.29 is 9.50 Å². The number of halogens is 1. The van der Waals surface area contributed by atoms with Crippen LogP contribution in [-0.2, 0) is 6.42 Å². The third-order valence-electron chi connectivity index (χ3n) is 7.36. The van der Waals surface area contributed by atoms with Gasteiger partial charge in [0.1, 0.15) is 29.3 Å². The molecule has 1 saturated heterocycles. The molecule has 1 aliphatic carbocycles. The fourth-order valence-electron chi connectivity index (χ4n) is 5.68. The van der Waals surface area contributed by atoms with Crippen molar-refractivity contribution in [3.05, 3.63) is 51.7 Å². The molecular weight excluding hydrogens is 446 g/mol. The van der Waals surface area contributed by atoms with E-state index in [1.165, 1.54) is 12.8 Å². The van der Waals surface area contributed by atoms with Crippen LogP contribution in [0.4, 0.5) is 4.39 Å². The highest BCUT2D eigenvalue weighted by atomic mass is 31.0. The van der Waals surface area contributed by atoms with Crippen LogP contribution >= 0.6 is 9.24 Å². The Bertz CT molecular complexity index is 1180. The number of benzene rings is 1. The largest absolute Gasteiger partial charge is 0.508 e. The quantitative estimate of drug-likeness (QED) is 0.539. The summed E-state index contributed by atoms with van der Waals surface area (Å²) in [5.74, 6) is 2.69. The molecule has 0 amide bonds. The highest BCUT2D eigenvalue weighted by molar-refractivity contribution is 7.23. The molecule has 5 nitrogen and oxygen atoms in total. The molecule has 1 aromatic rings. The van der Waals surface area contributed by atoms with E-state index in [1.54, 1.807) is 12.1 Å². The molecule has 7 heteroatoms. The van der Waals surface area contributed by atoms with Crippen LogP contribution in [0.3, 0.4) is 0 Å². The fourth-order valence-corrected chi connectivity index (χ4v) is 6.17. The van der Waals surface area contributed by atoms with Crippen molar-refractivity contribution in [3.8, 4) is 5.75 Å². The average molecular weight is 481 g/mol. The molecule has 1 aromatic carbocycles. The molecule has 34 heavy (non-hydrogen) atoms. The maximum Gasteiger partial charge on any atom is 0.137 e. The molecule has 0 aromatic heterocycles. The van der Waals surface area contributed by atoms with Gasteiger partial charge in [-0.2, -0.15) is 0 Å². The Morgan fingerprint density at radius 3 is 2.79 bits per heavy atom. The normalized spacial score (nSPS) is 24.7. The molecule has 0 saturated carbocycles. The van der Waals surface area contributed by atoms with E-state index in [0.29, 0.717) is 25.2 Å². The van der Waals surface area contributed by atoms with Crippen molar-refractivity contribution in [1.29, 1.82) is 0 Å². The Kier molecular flexibility index (Phi) is 6.37. The van der Waals surface area contributed by atoms with Crippen LogP contribution in [0.15, 0.2) is 45.0 Å². The van der Waals surface area contributed by atoms with Crippen LogP contribution in [0.25, 0.3) is 11.3 Å². The lowest BCUT2D eigenvalue weighted by molar-refractivity contribution is 0.272. The van der Waals surface area contributed by atoms with Crippen molar-refractivity contribution in [2.75, 3.05) is 13.1 Å². The van der Waals surface area contributed by atoms with Gasteiger partial charge in [-0.1, -0.05) is 20.8 Å². The number of piperidine rings is 1. The molecule has 180 valence electrons. The second-order valence-electron chi connectivity index (χ2n) is 9.77. The number of aromatic hydroxyl groups is 1. The summed E-state index contributed by atoms with van der Waals surface area (Å²) >= 11 is 0. The van der Waals surface area contributed by atoms with Crippen LogP contribution in [0, 0.1) is 5.92 Å². The Morgan fingerprint density at radius 1 is 1.24 bits per heavy atom. The monoisotopic (exact) mass is 480 g/mol. The fraction of sp³-hybridized carbons (Fsp3) is 0.481. The van der Waals surface area contributed by atoms with Gasteiger partial charge in [0.25, 0.3) is 0 Å². The van der Waals surface area contributed by atoms with Crippen molar-refractivity contribution in [2.24, 2.45) is 15.9 Å². The first-order valence-corrected chi connectivity index (χ1v) is 13.1. The summed E-state index contributed by atoms with van der Waals surface area (Å²) < 4.78 is 14.8. The van der Waals surface area contributed by atoms with Crippen LogP contribution in [0.5, 0.6) is 5.75 Å². The van der Waals surface area contributed by atoms with E-state index in [0.717, 1.165) is 70.0 Å². The molecule has 0 radical (unpaired) electrons. The molecule has 0 bridgehead atoms. The summed E-state index contributed by atoms with van der Waals surface area (Å²) in [5.41, 5.74) is 5.44. The second kappa shape index (κ2) is 9.30. The van der Waals surface area contributed by atoms with Gasteiger partial charge in [0, 0.05) is 48.6 Å². The number of allylic oxidation sites excluding steroid dienone is 2. The molecule has 3 aliphatic heterocycles. The van der Waals surface area contributed by atoms with Crippen molar-refractivity contribution in [1.82, 2.24) is 10.2 Å². The first-order chi connectivity index (χ1) is 16.4. The van der Waals surface area contributed by atoms with E-state index < -0.39 is 0 Å². The number of likely N-dealkylation sites (tertiary alicyclic amines) is 1. The topological polar surface area (TPSA) is 60.2 Å². The maximum atomic E-state index is 14.8. The summed E-state index contributed by atoms with van der Waals surface area (Å²) in [5, 5.41) is 15.0. The molecule has 4 aliphatic rings. The second-order valence-corrected chi connectivity index (χ2v) is 10.4. The first-order valence-electron chi connectivity index (χ1n) is 12.5. The zero-order chi connectivity index (χ0) is 24.0. The van der Waals surface area contributed by atoms with Crippen molar-refractivity contribution >= 4 is 32.2 Å². The van der Waals surface area contributed by atoms with Crippen LogP contribution < -0.4 is 5.32 Å². The van der Waals surface area contributed by atoms with Gasteiger partial charge in [-0.15, -0.1) is 9.24 Å². The highest BCUT2D eigenvalue weighted by Crippen LogP contribution is 2.44.